The van der Waals surface area contributed by atoms with Crippen LogP contribution < -0.4 is 0 Å². The summed E-state index contributed by atoms with van der Waals surface area (Å²) in [7, 11) is 0. The van der Waals surface area contributed by atoms with E-state index in [4.69, 9.17) is 5.11 Å². The van der Waals surface area contributed by atoms with Crippen molar-refractivity contribution >= 4 is 33.2 Å². The molecule has 1 aliphatic carbocycles. The molecule has 1 unspecified atom stereocenters. The third-order valence-electron chi connectivity index (χ3n) is 2.19. The summed E-state index contributed by atoms with van der Waals surface area (Å²) in [6.45, 7) is 0. The number of halogens is 3. The molecule has 0 amide bonds. The van der Waals surface area contributed by atoms with E-state index in [0.29, 0.717) is 3.79 Å². The second kappa shape index (κ2) is 2.73. The Kier molecular flexibility index (Phi) is 1.94. The number of aromatic nitrogens is 1. The molecule has 1 saturated carbocycles. The van der Waals surface area contributed by atoms with Crippen LogP contribution in [0.4, 0.5) is 8.78 Å². The van der Waals surface area contributed by atoms with Crippen molar-refractivity contribution in [2.24, 2.45) is 0 Å². The minimum absolute atomic E-state index is 0.0399. The maximum atomic E-state index is 13.0. The van der Waals surface area contributed by atoms with Gasteiger partial charge in [0.25, 0.3) is 5.92 Å². The van der Waals surface area contributed by atoms with Crippen molar-refractivity contribution < 1.29 is 18.7 Å². The summed E-state index contributed by atoms with van der Waals surface area (Å²) in [6.07, 6.45) is 0.675. The largest absolute Gasteiger partial charge is 0.480 e. The van der Waals surface area contributed by atoms with Crippen LogP contribution in [0.5, 0.6) is 0 Å². The van der Waals surface area contributed by atoms with Gasteiger partial charge in [-0.15, -0.1) is 11.3 Å². The van der Waals surface area contributed by atoms with E-state index in [9.17, 15) is 13.6 Å². The summed E-state index contributed by atoms with van der Waals surface area (Å²) in [5, 5.41) is 8.73. The Morgan fingerprint density at radius 3 is 2.57 bits per heavy atom. The highest BCUT2D eigenvalue weighted by atomic mass is 79.9. The molecule has 0 aliphatic heterocycles. The van der Waals surface area contributed by atoms with Crippen molar-refractivity contribution in [3.63, 3.8) is 0 Å². The molecule has 0 radical (unpaired) electrons. The van der Waals surface area contributed by atoms with E-state index >= 15 is 0 Å². The van der Waals surface area contributed by atoms with Crippen molar-refractivity contribution in [1.29, 1.82) is 0 Å². The molecule has 1 heterocycles. The Hall–Kier alpha value is -0.560. The molecule has 3 nitrogen and oxygen atoms in total. The molecule has 7 heteroatoms. The third kappa shape index (κ3) is 1.12. The monoisotopic (exact) mass is 283 g/mol. The topological polar surface area (TPSA) is 50.2 Å². The number of aliphatic carboxylic acids is 1. The first kappa shape index (κ1) is 9.97. The van der Waals surface area contributed by atoms with E-state index in [1.165, 1.54) is 6.20 Å². The van der Waals surface area contributed by atoms with Gasteiger partial charge < -0.3 is 5.11 Å². The first-order valence-corrected chi connectivity index (χ1v) is 5.24. The summed E-state index contributed by atoms with van der Waals surface area (Å²) >= 11 is 3.99. The SMILES string of the molecule is O=C(O)C1(c2ncc(Br)s2)CC1(F)F. The van der Waals surface area contributed by atoms with E-state index < -0.39 is 23.7 Å². The van der Waals surface area contributed by atoms with Crippen LogP contribution in [-0.4, -0.2) is 22.0 Å². The molecule has 1 aromatic heterocycles. The van der Waals surface area contributed by atoms with Gasteiger partial charge in [-0.25, -0.2) is 13.8 Å². The number of rotatable bonds is 2. The zero-order chi connectivity index (χ0) is 10.6. The molecule has 0 bridgehead atoms. The maximum Gasteiger partial charge on any atom is 0.323 e. The zero-order valence-corrected chi connectivity index (χ0v) is 9.03. The first-order valence-electron chi connectivity index (χ1n) is 3.63. The summed E-state index contributed by atoms with van der Waals surface area (Å²) in [6, 6.07) is 0. The zero-order valence-electron chi connectivity index (χ0n) is 6.63. The second-order valence-corrected chi connectivity index (χ2v) is 5.47. The predicted octanol–water partition coefficient (Wildman–Crippen LogP) is 2.27. The number of hydrogen-bond acceptors (Lipinski definition) is 3. The first-order chi connectivity index (χ1) is 6.40. The van der Waals surface area contributed by atoms with Gasteiger partial charge in [-0.3, -0.25) is 4.79 Å². The van der Waals surface area contributed by atoms with Gasteiger partial charge in [0, 0.05) is 6.42 Å². The molecule has 1 aliphatic rings. The van der Waals surface area contributed by atoms with Gasteiger partial charge in [-0.1, -0.05) is 0 Å². The van der Waals surface area contributed by atoms with E-state index in [1.807, 2.05) is 0 Å². The minimum Gasteiger partial charge on any atom is -0.480 e. The predicted molar refractivity (Wildman–Crippen MR) is 48.7 cm³/mol. The molecule has 76 valence electrons. The lowest BCUT2D eigenvalue weighted by atomic mass is 10.1. The summed E-state index contributed by atoms with van der Waals surface area (Å²) in [5.74, 6) is -4.68. The summed E-state index contributed by atoms with van der Waals surface area (Å²) in [5.41, 5.74) is -2.08. The van der Waals surface area contributed by atoms with Gasteiger partial charge in [-0.2, -0.15) is 0 Å². The van der Waals surface area contributed by atoms with Crippen LogP contribution in [0.15, 0.2) is 9.98 Å². The molecule has 1 atom stereocenters. The molecule has 1 aromatic rings. The molecule has 0 aromatic carbocycles. The van der Waals surface area contributed by atoms with Gasteiger partial charge in [-0.05, 0) is 15.9 Å². The normalized spacial score (nSPS) is 28.8. The van der Waals surface area contributed by atoms with E-state index in [1.54, 1.807) is 0 Å². The fraction of sp³-hybridized carbons (Fsp3) is 0.429. The molecule has 0 spiro atoms. The smallest absolute Gasteiger partial charge is 0.323 e. The van der Waals surface area contributed by atoms with Crippen LogP contribution in [0.1, 0.15) is 11.4 Å². The van der Waals surface area contributed by atoms with Gasteiger partial charge in [0.2, 0.25) is 0 Å². The Morgan fingerprint density at radius 1 is 1.71 bits per heavy atom. The Morgan fingerprint density at radius 2 is 2.29 bits per heavy atom. The van der Waals surface area contributed by atoms with Crippen LogP contribution in [0.25, 0.3) is 0 Å². The molecule has 14 heavy (non-hydrogen) atoms. The van der Waals surface area contributed by atoms with Crippen molar-refractivity contribution in [3.8, 4) is 0 Å². The number of thiazole rings is 1. The van der Waals surface area contributed by atoms with Crippen LogP contribution in [-0.2, 0) is 10.2 Å². The van der Waals surface area contributed by atoms with Crippen molar-refractivity contribution in [1.82, 2.24) is 4.98 Å². The number of nitrogens with zero attached hydrogens (tertiary/aromatic N) is 1. The molecular weight excluding hydrogens is 280 g/mol. The fourth-order valence-corrected chi connectivity index (χ4v) is 2.74. The van der Waals surface area contributed by atoms with Crippen LogP contribution in [0, 0.1) is 0 Å². The quantitative estimate of drug-likeness (QED) is 0.906. The van der Waals surface area contributed by atoms with Crippen LogP contribution >= 0.6 is 27.3 Å². The van der Waals surface area contributed by atoms with E-state index in [-0.39, 0.29) is 5.01 Å². The lowest BCUT2D eigenvalue weighted by Crippen LogP contribution is -2.26. The van der Waals surface area contributed by atoms with Gasteiger partial charge in [0.1, 0.15) is 5.01 Å². The summed E-state index contributed by atoms with van der Waals surface area (Å²) < 4.78 is 26.5. The van der Waals surface area contributed by atoms with E-state index in [0.717, 1.165) is 11.3 Å². The number of carboxylic acid groups (broad SMARTS) is 1. The average molecular weight is 284 g/mol. The lowest BCUT2D eigenvalue weighted by molar-refractivity contribution is -0.142. The average Bonchev–Trinajstić information content (AvgIpc) is 2.44. The summed E-state index contributed by atoms with van der Waals surface area (Å²) in [4.78, 5) is 14.5. The number of alkyl halides is 2. The standard InChI is InChI=1S/C7H4BrF2NO2S/c8-3-1-11-4(14-3)6(5(12)13)2-7(6,9)10/h1H,2H2,(H,12,13). The van der Waals surface area contributed by atoms with Crippen LogP contribution in [0.2, 0.25) is 0 Å². The highest BCUT2D eigenvalue weighted by molar-refractivity contribution is 9.11. The fourth-order valence-electron chi connectivity index (χ4n) is 1.30. The van der Waals surface area contributed by atoms with Crippen molar-refractivity contribution in [2.45, 2.75) is 17.8 Å². The molecule has 1 fully saturated rings. The van der Waals surface area contributed by atoms with Crippen molar-refractivity contribution in [3.05, 3.63) is 15.0 Å². The molecular formula is C7H4BrF2NO2S. The molecule has 1 N–H and O–H groups in total. The highest BCUT2D eigenvalue weighted by Gasteiger charge is 2.79. The minimum atomic E-state index is -3.17. The Balaban J connectivity index is 2.46. The number of carboxylic acids is 1. The third-order valence-corrected chi connectivity index (χ3v) is 3.83. The van der Waals surface area contributed by atoms with Gasteiger partial charge >= 0.3 is 5.97 Å². The van der Waals surface area contributed by atoms with Crippen molar-refractivity contribution in [2.75, 3.05) is 0 Å². The Bertz CT molecular complexity index is 408. The van der Waals surface area contributed by atoms with Gasteiger partial charge in [0.15, 0.2) is 5.41 Å². The second-order valence-electron chi connectivity index (χ2n) is 3.06. The number of carbonyl (C=O) groups is 1. The molecule has 2 rings (SSSR count). The van der Waals surface area contributed by atoms with Crippen LogP contribution in [0.3, 0.4) is 0 Å². The lowest BCUT2D eigenvalue weighted by Gasteiger charge is -2.06. The maximum absolute atomic E-state index is 13.0. The van der Waals surface area contributed by atoms with Gasteiger partial charge in [0.05, 0.1) is 9.98 Å². The number of hydrogen-bond donors (Lipinski definition) is 1. The highest BCUT2D eigenvalue weighted by Crippen LogP contribution is 2.62. The molecule has 0 saturated heterocycles. The Labute approximate surface area is 89.9 Å². The van der Waals surface area contributed by atoms with E-state index in [2.05, 4.69) is 20.9 Å².